The lowest BCUT2D eigenvalue weighted by atomic mass is 10.1. The van der Waals surface area contributed by atoms with Gasteiger partial charge in [-0.05, 0) is 36.6 Å². The molecule has 7 nitrogen and oxygen atoms in total. The summed E-state index contributed by atoms with van der Waals surface area (Å²) < 4.78 is 4.77. The Morgan fingerprint density at radius 3 is 2.85 bits per heavy atom. The van der Waals surface area contributed by atoms with Gasteiger partial charge in [0.05, 0.1) is 6.21 Å². The molecule has 3 N–H and O–H groups in total. The largest absolute Gasteiger partial charge is 0.507 e. The zero-order valence-corrected chi connectivity index (χ0v) is 10.8. The van der Waals surface area contributed by atoms with Gasteiger partial charge in [0.25, 0.3) is 0 Å². The molecule has 2 rings (SSSR count). The molecule has 0 radical (unpaired) electrons. The molecular weight excluding hydrogens is 264 g/mol. The van der Waals surface area contributed by atoms with Crippen molar-refractivity contribution in [1.82, 2.24) is 5.01 Å². The normalized spacial score (nSPS) is 19.2. The first-order valence-electron chi connectivity index (χ1n) is 6.28. The molecule has 1 atom stereocenters. The van der Waals surface area contributed by atoms with E-state index in [9.17, 15) is 15.0 Å². The molecule has 1 aromatic rings. The molecule has 1 unspecified atom stereocenters. The van der Waals surface area contributed by atoms with Crippen LogP contribution in [0.25, 0.3) is 0 Å². The Morgan fingerprint density at radius 1 is 1.35 bits per heavy atom. The summed E-state index contributed by atoms with van der Waals surface area (Å²) in [5.74, 6) is -0.432. The van der Waals surface area contributed by atoms with Crippen LogP contribution < -0.4 is 0 Å². The first kappa shape index (κ1) is 14.0. The highest BCUT2D eigenvalue weighted by Gasteiger charge is 2.24. The van der Waals surface area contributed by atoms with Crippen molar-refractivity contribution in [3.63, 3.8) is 0 Å². The molecule has 0 saturated carbocycles. The van der Waals surface area contributed by atoms with Gasteiger partial charge in [0, 0.05) is 13.0 Å². The monoisotopic (exact) mass is 280 g/mol. The molecule has 0 spiro atoms. The fraction of sp³-hybridized carbons (Fsp3) is 0.385. The number of rotatable bonds is 3. The molecule has 1 heterocycles. The van der Waals surface area contributed by atoms with Crippen molar-refractivity contribution < 1.29 is 24.9 Å². The average Bonchev–Trinajstić information content (AvgIpc) is 2.41. The standard InChI is InChI=1S/C13H16N2O5/c16-10-5-4-9(7-11(10)17)8-14-15-6-2-1-3-12(15)20-13(18)19/h4-5,7-8,12,16-17H,1-3,6H2,(H,18,19)/b14-8+. The number of hydrogen-bond donors (Lipinski definition) is 3. The van der Waals surface area contributed by atoms with Gasteiger partial charge in [0.1, 0.15) is 0 Å². The van der Waals surface area contributed by atoms with Crippen LogP contribution in [0.1, 0.15) is 24.8 Å². The van der Waals surface area contributed by atoms with Crippen LogP contribution in [0.5, 0.6) is 11.5 Å². The minimum Gasteiger partial charge on any atom is -0.504 e. The van der Waals surface area contributed by atoms with E-state index in [1.54, 1.807) is 11.1 Å². The molecule has 1 saturated heterocycles. The average molecular weight is 280 g/mol. The Kier molecular flexibility index (Phi) is 4.29. The van der Waals surface area contributed by atoms with Crippen LogP contribution >= 0.6 is 0 Å². The second-order valence-electron chi connectivity index (χ2n) is 4.49. The fourth-order valence-corrected chi connectivity index (χ4v) is 2.02. The molecule has 0 amide bonds. The first-order valence-corrected chi connectivity index (χ1v) is 6.28. The Bertz CT molecular complexity index is 517. The van der Waals surface area contributed by atoms with Crippen LogP contribution in [0, 0.1) is 0 Å². The minimum atomic E-state index is -1.32. The summed E-state index contributed by atoms with van der Waals surface area (Å²) in [4.78, 5) is 10.6. The summed E-state index contributed by atoms with van der Waals surface area (Å²) in [7, 11) is 0. The number of hydrogen-bond acceptors (Lipinski definition) is 6. The van der Waals surface area contributed by atoms with E-state index in [1.807, 2.05) is 0 Å². The molecule has 0 aromatic heterocycles. The van der Waals surface area contributed by atoms with Crippen molar-refractivity contribution in [3.8, 4) is 11.5 Å². The number of nitrogens with zero attached hydrogens (tertiary/aromatic N) is 2. The number of carbonyl (C=O) groups is 1. The molecular formula is C13H16N2O5. The summed E-state index contributed by atoms with van der Waals surface area (Å²) >= 11 is 0. The van der Waals surface area contributed by atoms with Crippen LogP contribution in [0.4, 0.5) is 4.79 Å². The van der Waals surface area contributed by atoms with Gasteiger partial charge in [-0.2, -0.15) is 5.10 Å². The molecule has 0 bridgehead atoms. The van der Waals surface area contributed by atoms with Crippen LogP contribution in [0.15, 0.2) is 23.3 Å². The minimum absolute atomic E-state index is 0.202. The van der Waals surface area contributed by atoms with Crippen molar-refractivity contribution in [2.45, 2.75) is 25.5 Å². The molecule has 1 aliphatic rings. The summed E-state index contributed by atoms with van der Waals surface area (Å²) in [6.07, 6.45) is 2.00. The molecule has 1 aromatic carbocycles. The Morgan fingerprint density at radius 2 is 2.15 bits per heavy atom. The highest BCUT2D eigenvalue weighted by Crippen LogP contribution is 2.24. The Hall–Kier alpha value is -2.44. The maximum Gasteiger partial charge on any atom is 0.507 e. The first-order chi connectivity index (χ1) is 9.56. The van der Waals surface area contributed by atoms with Crippen LogP contribution in [-0.4, -0.2) is 45.5 Å². The van der Waals surface area contributed by atoms with Gasteiger partial charge in [-0.15, -0.1) is 0 Å². The van der Waals surface area contributed by atoms with Crippen molar-refractivity contribution >= 4 is 12.4 Å². The predicted octanol–water partition coefficient (Wildman–Crippen LogP) is 1.94. The second kappa shape index (κ2) is 6.14. The van der Waals surface area contributed by atoms with E-state index in [4.69, 9.17) is 9.84 Å². The molecule has 0 aliphatic carbocycles. The van der Waals surface area contributed by atoms with E-state index < -0.39 is 12.4 Å². The van der Waals surface area contributed by atoms with Gasteiger partial charge in [-0.3, -0.25) is 5.01 Å². The molecule has 20 heavy (non-hydrogen) atoms. The van der Waals surface area contributed by atoms with Gasteiger partial charge in [0.15, 0.2) is 17.7 Å². The number of carboxylic acid groups (broad SMARTS) is 1. The third-order valence-electron chi connectivity index (χ3n) is 3.01. The number of phenols is 2. The van der Waals surface area contributed by atoms with Crippen LogP contribution in [-0.2, 0) is 4.74 Å². The van der Waals surface area contributed by atoms with Crippen LogP contribution in [0.3, 0.4) is 0 Å². The molecule has 7 heteroatoms. The zero-order valence-electron chi connectivity index (χ0n) is 10.8. The molecule has 108 valence electrons. The highest BCUT2D eigenvalue weighted by atomic mass is 16.7. The van der Waals surface area contributed by atoms with E-state index >= 15 is 0 Å². The number of piperidine rings is 1. The van der Waals surface area contributed by atoms with E-state index in [1.165, 1.54) is 18.3 Å². The predicted molar refractivity (Wildman–Crippen MR) is 70.8 cm³/mol. The number of hydrazone groups is 1. The number of aromatic hydroxyl groups is 2. The fourth-order valence-electron chi connectivity index (χ4n) is 2.02. The van der Waals surface area contributed by atoms with Crippen molar-refractivity contribution in [3.05, 3.63) is 23.8 Å². The van der Waals surface area contributed by atoms with E-state index in [0.29, 0.717) is 18.5 Å². The van der Waals surface area contributed by atoms with E-state index in [0.717, 1.165) is 12.8 Å². The third kappa shape index (κ3) is 3.53. The quantitative estimate of drug-likeness (QED) is 0.444. The van der Waals surface area contributed by atoms with Crippen molar-refractivity contribution in [2.75, 3.05) is 6.54 Å². The van der Waals surface area contributed by atoms with Gasteiger partial charge in [-0.25, -0.2) is 4.79 Å². The molecule has 1 aliphatic heterocycles. The summed E-state index contributed by atoms with van der Waals surface area (Å²) in [5.41, 5.74) is 0.597. The van der Waals surface area contributed by atoms with Crippen LogP contribution in [0.2, 0.25) is 0 Å². The SMILES string of the molecule is O=C(O)OC1CCCCN1/N=C/c1ccc(O)c(O)c1. The summed E-state index contributed by atoms with van der Waals surface area (Å²) in [6, 6.07) is 4.32. The maximum absolute atomic E-state index is 10.6. The number of ether oxygens (including phenoxy) is 1. The lowest BCUT2D eigenvalue weighted by molar-refractivity contribution is -0.0538. The number of phenolic OH excluding ortho intramolecular Hbond substituents is 2. The Labute approximate surface area is 115 Å². The van der Waals surface area contributed by atoms with Gasteiger partial charge < -0.3 is 20.1 Å². The van der Waals surface area contributed by atoms with Crippen molar-refractivity contribution in [1.29, 1.82) is 0 Å². The highest BCUT2D eigenvalue weighted by molar-refractivity contribution is 5.80. The smallest absolute Gasteiger partial charge is 0.504 e. The van der Waals surface area contributed by atoms with E-state index in [-0.39, 0.29) is 11.5 Å². The lowest BCUT2D eigenvalue weighted by Crippen LogP contribution is -2.38. The van der Waals surface area contributed by atoms with Crippen molar-refractivity contribution in [2.24, 2.45) is 5.10 Å². The zero-order chi connectivity index (χ0) is 14.5. The second-order valence-corrected chi connectivity index (χ2v) is 4.49. The Balaban J connectivity index is 2.07. The molecule has 1 fully saturated rings. The topological polar surface area (TPSA) is 103 Å². The van der Waals surface area contributed by atoms with Gasteiger partial charge >= 0.3 is 6.16 Å². The van der Waals surface area contributed by atoms with Gasteiger partial charge in [-0.1, -0.05) is 0 Å². The van der Waals surface area contributed by atoms with Gasteiger partial charge in [0.2, 0.25) is 0 Å². The number of benzene rings is 1. The lowest BCUT2D eigenvalue weighted by Gasteiger charge is -2.31. The maximum atomic E-state index is 10.6. The van der Waals surface area contributed by atoms with E-state index in [2.05, 4.69) is 5.10 Å². The summed E-state index contributed by atoms with van der Waals surface area (Å²) in [5, 5.41) is 33.0. The summed E-state index contributed by atoms with van der Waals surface area (Å²) in [6.45, 7) is 0.610. The third-order valence-corrected chi connectivity index (χ3v) is 3.01.